The van der Waals surface area contributed by atoms with Gasteiger partial charge < -0.3 is 5.11 Å². The van der Waals surface area contributed by atoms with Crippen LogP contribution < -0.4 is 0 Å². The Bertz CT molecular complexity index is 250. The molecule has 0 fully saturated rings. The second kappa shape index (κ2) is 5.35. The van der Waals surface area contributed by atoms with Crippen LogP contribution in [0.3, 0.4) is 0 Å². The van der Waals surface area contributed by atoms with Gasteiger partial charge in [-0.2, -0.15) is 0 Å². The number of allylic oxidation sites excluding steroid dienone is 2. The predicted molar refractivity (Wildman–Crippen MR) is 70.3 cm³/mol. The van der Waals surface area contributed by atoms with Crippen LogP contribution in [0, 0.1) is 17.3 Å². The van der Waals surface area contributed by atoms with Crippen LogP contribution in [0.1, 0.15) is 60.3 Å². The van der Waals surface area contributed by atoms with Gasteiger partial charge in [0.25, 0.3) is 0 Å². The first-order valence-electron chi connectivity index (χ1n) is 6.74. The Morgan fingerprint density at radius 3 is 2.50 bits per heavy atom. The van der Waals surface area contributed by atoms with Gasteiger partial charge in [-0.05, 0) is 50.4 Å². The smallest absolute Gasteiger partial charge is 0.0540 e. The molecule has 1 N–H and O–H groups in total. The Morgan fingerprint density at radius 1 is 1.50 bits per heavy atom. The molecule has 0 aliphatic heterocycles. The summed E-state index contributed by atoms with van der Waals surface area (Å²) >= 11 is 0. The highest BCUT2D eigenvalue weighted by atomic mass is 16.3. The van der Waals surface area contributed by atoms with Crippen molar-refractivity contribution in [3.05, 3.63) is 11.6 Å². The summed E-state index contributed by atoms with van der Waals surface area (Å²) in [5.74, 6) is 1.26. The van der Waals surface area contributed by atoms with Crippen LogP contribution in [-0.4, -0.2) is 11.2 Å². The highest BCUT2D eigenvalue weighted by Gasteiger charge is 2.34. The van der Waals surface area contributed by atoms with E-state index in [0.29, 0.717) is 11.3 Å². The maximum Gasteiger partial charge on any atom is 0.0540 e. The summed E-state index contributed by atoms with van der Waals surface area (Å²) in [4.78, 5) is 0. The summed E-state index contributed by atoms with van der Waals surface area (Å²) in [7, 11) is 0. The lowest BCUT2D eigenvalue weighted by molar-refractivity contribution is 0.108. The van der Waals surface area contributed by atoms with Crippen molar-refractivity contribution in [2.24, 2.45) is 17.3 Å². The van der Waals surface area contributed by atoms with E-state index >= 15 is 0 Å². The fourth-order valence-corrected chi connectivity index (χ4v) is 2.88. The number of hydrogen-bond donors (Lipinski definition) is 1. The van der Waals surface area contributed by atoms with E-state index in [1.165, 1.54) is 19.3 Å². The summed E-state index contributed by atoms with van der Waals surface area (Å²) in [6.45, 7) is 11.1. The van der Waals surface area contributed by atoms with Gasteiger partial charge in [0.15, 0.2) is 0 Å². The molecule has 1 heteroatoms. The molecule has 0 aromatic rings. The van der Waals surface area contributed by atoms with Gasteiger partial charge in [0.2, 0.25) is 0 Å². The predicted octanol–water partition coefficient (Wildman–Crippen LogP) is 4.17. The molecular weight excluding hydrogens is 196 g/mol. The average Bonchev–Trinajstić information content (AvgIpc) is 2.44. The summed E-state index contributed by atoms with van der Waals surface area (Å²) in [6, 6.07) is 0. The van der Waals surface area contributed by atoms with E-state index in [-0.39, 0.29) is 6.10 Å². The van der Waals surface area contributed by atoms with Gasteiger partial charge in [-0.15, -0.1) is 0 Å². The first-order valence-corrected chi connectivity index (χ1v) is 6.74. The van der Waals surface area contributed by atoms with E-state index in [1.807, 2.05) is 6.92 Å². The lowest BCUT2D eigenvalue weighted by Crippen LogP contribution is -2.23. The zero-order valence-corrected chi connectivity index (χ0v) is 11.6. The zero-order chi connectivity index (χ0) is 12.3. The Morgan fingerprint density at radius 2 is 2.12 bits per heavy atom. The number of aliphatic hydroxyl groups is 1. The van der Waals surface area contributed by atoms with Gasteiger partial charge in [-0.3, -0.25) is 0 Å². The second-order valence-electron chi connectivity index (χ2n) is 6.03. The van der Waals surface area contributed by atoms with Gasteiger partial charge in [0, 0.05) is 0 Å². The first-order chi connectivity index (χ1) is 7.39. The summed E-state index contributed by atoms with van der Waals surface area (Å²) in [5.41, 5.74) is 1.92. The van der Waals surface area contributed by atoms with E-state index in [9.17, 15) is 5.11 Å². The molecule has 0 bridgehead atoms. The SMILES string of the molecule is CCC(CCC1CC=C(C)C1(C)C)C(C)O. The van der Waals surface area contributed by atoms with E-state index in [1.54, 1.807) is 5.57 Å². The van der Waals surface area contributed by atoms with Crippen LogP contribution in [0.2, 0.25) is 0 Å². The van der Waals surface area contributed by atoms with Crippen molar-refractivity contribution in [2.45, 2.75) is 66.4 Å². The number of aliphatic hydroxyl groups excluding tert-OH is 1. The van der Waals surface area contributed by atoms with E-state index < -0.39 is 0 Å². The molecule has 3 atom stereocenters. The normalized spacial score (nSPS) is 27.6. The third-order valence-corrected chi connectivity index (χ3v) is 4.84. The third kappa shape index (κ3) is 2.88. The Hall–Kier alpha value is -0.300. The Balaban J connectivity index is 2.46. The second-order valence-corrected chi connectivity index (χ2v) is 6.03. The molecule has 16 heavy (non-hydrogen) atoms. The van der Waals surface area contributed by atoms with Crippen molar-refractivity contribution in [1.29, 1.82) is 0 Å². The molecule has 1 rings (SSSR count). The standard InChI is InChI=1S/C15H28O/c1-6-13(12(3)16)8-10-14-9-7-11(2)15(14,4)5/h7,12-14,16H,6,8-10H2,1-5H3. The topological polar surface area (TPSA) is 20.2 Å². The molecule has 0 spiro atoms. The van der Waals surface area contributed by atoms with Crippen LogP contribution in [0.15, 0.2) is 11.6 Å². The third-order valence-electron chi connectivity index (χ3n) is 4.84. The van der Waals surface area contributed by atoms with Crippen molar-refractivity contribution in [1.82, 2.24) is 0 Å². The van der Waals surface area contributed by atoms with Crippen molar-refractivity contribution in [2.75, 3.05) is 0 Å². The van der Waals surface area contributed by atoms with Gasteiger partial charge >= 0.3 is 0 Å². The monoisotopic (exact) mass is 224 g/mol. The van der Waals surface area contributed by atoms with Gasteiger partial charge in [0.05, 0.1) is 6.10 Å². The molecule has 94 valence electrons. The van der Waals surface area contributed by atoms with E-state index in [4.69, 9.17) is 0 Å². The minimum atomic E-state index is -0.149. The molecule has 0 radical (unpaired) electrons. The van der Waals surface area contributed by atoms with Crippen molar-refractivity contribution >= 4 is 0 Å². The van der Waals surface area contributed by atoms with Gasteiger partial charge in [-0.1, -0.05) is 38.8 Å². The molecule has 0 amide bonds. The molecule has 1 aliphatic rings. The lowest BCUT2D eigenvalue weighted by atomic mass is 9.74. The maximum absolute atomic E-state index is 9.66. The van der Waals surface area contributed by atoms with Crippen molar-refractivity contribution in [3.8, 4) is 0 Å². The molecule has 0 saturated heterocycles. The van der Waals surface area contributed by atoms with Crippen LogP contribution in [0.4, 0.5) is 0 Å². The summed E-state index contributed by atoms with van der Waals surface area (Å²) in [5, 5.41) is 9.66. The number of rotatable bonds is 5. The molecule has 3 unspecified atom stereocenters. The highest BCUT2D eigenvalue weighted by Crippen LogP contribution is 2.45. The average molecular weight is 224 g/mol. The Labute approximate surface area is 101 Å². The minimum Gasteiger partial charge on any atom is -0.393 e. The largest absolute Gasteiger partial charge is 0.393 e. The first kappa shape index (κ1) is 13.8. The van der Waals surface area contributed by atoms with Crippen molar-refractivity contribution < 1.29 is 5.11 Å². The van der Waals surface area contributed by atoms with Gasteiger partial charge in [-0.25, -0.2) is 0 Å². The molecule has 0 aromatic carbocycles. The molecule has 0 aromatic heterocycles. The van der Waals surface area contributed by atoms with Crippen molar-refractivity contribution in [3.63, 3.8) is 0 Å². The van der Waals surface area contributed by atoms with E-state index in [0.717, 1.165) is 12.3 Å². The molecule has 1 nitrogen and oxygen atoms in total. The van der Waals surface area contributed by atoms with Crippen LogP contribution >= 0.6 is 0 Å². The minimum absolute atomic E-state index is 0.149. The molecule has 0 saturated carbocycles. The zero-order valence-electron chi connectivity index (χ0n) is 11.6. The Kier molecular flexibility index (Phi) is 4.61. The van der Waals surface area contributed by atoms with Crippen LogP contribution in [-0.2, 0) is 0 Å². The molecular formula is C15H28O. The fourth-order valence-electron chi connectivity index (χ4n) is 2.88. The summed E-state index contributed by atoms with van der Waals surface area (Å²) in [6.07, 6.45) is 7.00. The quantitative estimate of drug-likeness (QED) is 0.695. The fraction of sp³-hybridized carbons (Fsp3) is 0.867. The maximum atomic E-state index is 9.66. The molecule has 1 aliphatic carbocycles. The lowest BCUT2D eigenvalue weighted by Gasteiger charge is -2.31. The van der Waals surface area contributed by atoms with Crippen LogP contribution in [0.25, 0.3) is 0 Å². The molecule has 0 heterocycles. The summed E-state index contributed by atoms with van der Waals surface area (Å²) < 4.78 is 0. The number of hydrogen-bond acceptors (Lipinski definition) is 1. The van der Waals surface area contributed by atoms with Crippen LogP contribution in [0.5, 0.6) is 0 Å². The van der Waals surface area contributed by atoms with Gasteiger partial charge in [0.1, 0.15) is 0 Å². The highest BCUT2D eigenvalue weighted by molar-refractivity contribution is 5.18. The van der Waals surface area contributed by atoms with E-state index in [2.05, 4.69) is 33.8 Å².